The molecule has 1 aliphatic carbocycles. The number of carbonyl (C=O) groups is 1. The van der Waals surface area contributed by atoms with Crippen molar-refractivity contribution in [1.82, 2.24) is 0 Å². The predicted molar refractivity (Wildman–Crippen MR) is 63.6 cm³/mol. The molecule has 86 valence electrons. The van der Waals surface area contributed by atoms with E-state index >= 15 is 0 Å². The van der Waals surface area contributed by atoms with Crippen LogP contribution in [0.4, 0.5) is 5.69 Å². The van der Waals surface area contributed by atoms with Crippen molar-refractivity contribution in [2.24, 2.45) is 5.41 Å². The summed E-state index contributed by atoms with van der Waals surface area (Å²) in [5.74, 6) is -0.132. The molecular formula is C12H14ClNO2. The van der Waals surface area contributed by atoms with Crippen LogP contribution in [0.2, 0.25) is 5.02 Å². The maximum absolute atomic E-state index is 11.5. The SMILES string of the molecule is COC(=O)C1(CNc2ccccc2Cl)CC1. The number of halogens is 1. The number of anilines is 1. The summed E-state index contributed by atoms with van der Waals surface area (Å²) >= 11 is 6.01. The van der Waals surface area contributed by atoms with Gasteiger partial charge in [-0.1, -0.05) is 23.7 Å². The zero-order valence-electron chi connectivity index (χ0n) is 9.13. The van der Waals surface area contributed by atoms with E-state index < -0.39 is 0 Å². The number of carbonyl (C=O) groups excluding carboxylic acids is 1. The first-order valence-corrected chi connectivity index (χ1v) is 5.63. The molecule has 0 aromatic heterocycles. The number of esters is 1. The molecule has 1 N–H and O–H groups in total. The van der Waals surface area contributed by atoms with E-state index in [0.29, 0.717) is 11.6 Å². The van der Waals surface area contributed by atoms with Crippen molar-refractivity contribution in [2.45, 2.75) is 12.8 Å². The van der Waals surface area contributed by atoms with Crippen molar-refractivity contribution in [2.75, 3.05) is 19.0 Å². The molecule has 0 amide bonds. The van der Waals surface area contributed by atoms with Crippen molar-refractivity contribution < 1.29 is 9.53 Å². The van der Waals surface area contributed by atoms with Gasteiger partial charge in [0.25, 0.3) is 0 Å². The number of rotatable bonds is 4. The van der Waals surface area contributed by atoms with Crippen LogP contribution in [0, 0.1) is 5.41 Å². The first-order chi connectivity index (χ1) is 7.68. The number of para-hydroxylation sites is 1. The molecule has 1 saturated carbocycles. The summed E-state index contributed by atoms with van der Waals surface area (Å²) in [5, 5.41) is 3.87. The molecule has 0 atom stereocenters. The lowest BCUT2D eigenvalue weighted by molar-refractivity contribution is -0.146. The van der Waals surface area contributed by atoms with Crippen LogP contribution in [-0.2, 0) is 9.53 Å². The van der Waals surface area contributed by atoms with Gasteiger partial charge < -0.3 is 10.1 Å². The van der Waals surface area contributed by atoms with Crippen LogP contribution < -0.4 is 5.32 Å². The quantitative estimate of drug-likeness (QED) is 0.821. The number of hydrogen-bond donors (Lipinski definition) is 1. The van der Waals surface area contributed by atoms with Gasteiger partial charge in [-0.3, -0.25) is 4.79 Å². The van der Waals surface area contributed by atoms with E-state index in [4.69, 9.17) is 16.3 Å². The van der Waals surface area contributed by atoms with Crippen LogP contribution in [0.15, 0.2) is 24.3 Å². The summed E-state index contributed by atoms with van der Waals surface area (Å²) in [7, 11) is 1.43. The van der Waals surface area contributed by atoms with E-state index in [2.05, 4.69) is 5.32 Å². The van der Waals surface area contributed by atoms with Gasteiger partial charge in [-0.25, -0.2) is 0 Å². The van der Waals surface area contributed by atoms with Crippen molar-refractivity contribution in [3.63, 3.8) is 0 Å². The Morgan fingerprint density at radius 3 is 2.75 bits per heavy atom. The Balaban J connectivity index is 1.98. The van der Waals surface area contributed by atoms with Crippen LogP contribution in [0.25, 0.3) is 0 Å². The van der Waals surface area contributed by atoms with Crippen LogP contribution in [0.3, 0.4) is 0 Å². The zero-order valence-corrected chi connectivity index (χ0v) is 9.88. The highest BCUT2D eigenvalue weighted by Gasteiger charge is 2.50. The maximum Gasteiger partial charge on any atom is 0.313 e. The van der Waals surface area contributed by atoms with Gasteiger partial charge in [0.2, 0.25) is 0 Å². The van der Waals surface area contributed by atoms with E-state index in [1.165, 1.54) is 7.11 Å². The average molecular weight is 240 g/mol. The fourth-order valence-electron chi connectivity index (χ4n) is 1.69. The molecule has 1 aliphatic rings. The zero-order chi connectivity index (χ0) is 11.6. The summed E-state index contributed by atoms with van der Waals surface area (Å²) in [4.78, 5) is 11.5. The number of ether oxygens (including phenoxy) is 1. The molecule has 2 rings (SSSR count). The fraction of sp³-hybridized carbons (Fsp3) is 0.417. The van der Waals surface area contributed by atoms with Crippen LogP contribution >= 0.6 is 11.6 Å². The third-order valence-electron chi connectivity index (χ3n) is 2.96. The lowest BCUT2D eigenvalue weighted by Crippen LogP contribution is -2.26. The molecule has 0 aliphatic heterocycles. The minimum absolute atomic E-state index is 0.132. The van der Waals surface area contributed by atoms with Gasteiger partial charge in [0.15, 0.2) is 0 Å². The molecule has 0 heterocycles. The van der Waals surface area contributed by atoms with E-state index in [1.54, 1.807) is 0 Å². The van der Waals surface area contributed by atoms with Crippen molar-refractivity contribution in [3.8, 4) is 0 Å². The molecule has 3 nitrogen and oxygen atoms in total. The summed E-state index contributed by atoms with van der Waals surface area (Å²) in [5.41, 5.74) is 0.535. The van der Waals surface area contributed by atoms with Gasteiger partial charge in [0, 0.05) is 6.54 Å². The number of nitrogens with one attached hydrogen (secondary N) is 1. The second kappa shape index (κ2) is 4.34. The van der Waals surface area contributed by atoms with E-state index in [0.717, 1.165) is 18.5 Å². The second-order valence-corrected chi connectivity index (χ2v) is 4.51. The Kier molecular flexibility index (Phi) is 3.06. The Hall–Kier alpha value is -1.22. The van der Waals surface area contributed by atoms with Gasteiger partial charge in [-0.05, 0) is 25.0 Å². The average Bonchev–Trinajstić information content (AvgIpc) is 3.08. The van der Waals surface area contributed by atoms with Crippen molar-refractivity contribution in [1.29, 1.82) is 0 Å². The lowest BCUT2D eigenvalue weighted by Gasteiger charge is -2.15. The Bertz CT molecular complexity index is 402. The largest absolute Gasteiger partial charge is 0.469 e. The topological polar surface area (TPSA) is 38.3 Å². The van der Waals surface area contributed by atoms with Crippen molar-refractivity contribution >= 4 is 23.3 Å². The third kappa shape index (κ3) is 2.14. The normalized spacial score (nSPS) is 16.6. The van der Waals surface area contributed by atoms with E-state index in [1.807, 2.05) is 24.3 Å². The molecule has 0 saturated heterocycles. The molecular weight excluding hydrogens is 226 g/mol. The Morgan fingerprint density at radius 2 is 2.19 bits per heavy atom. The molecule has 1 aromatic carbocycles. The van der Waals surface area contributed by atoms with Crippen LogP contribution in [0.1, 0.15) is 12.8 Å². The molecule has 1 fully saturated rings. The molecule has 16 heavy (non-hydrogen) atoms. The summed E-state index contributed by atoms with van der Waals surface area (Å²) in [6, 6.07) is 7.50. The summed E-state index contributed by atoms with van der Waals surface area (Å²) < 4.78 is 4.78. The highest BCUT2D eigenvalue weighted by Crippen LogP contribution is 2.46. The molecule has 1 aromatic rings. The van der Waals surface area contributed by atoms with Gasteiger partial charge in [0.1, 0.15) is 0 Å². The highest BCUT2D eigenvalue weighted by molar-refractivity contribution is 6.33. The Morgan fingerprint density at radius 1 is 1.50 bits per heavy atom. The van der Waals surface area contributed by atoms with Gasteiger partial charge >= 0.3 is 5.97 Å². The molecule has 0 spiro atoms. The number of methoxy groups -OCH3 is 1. The molecule has 4 heteroatoms. The smallest absolute Gasteiger partial charge is 0.313 e. The van der Waals surface area contributed by atoms with Crippen LogP contribution in [0.5, 0.6) is 0 Å². The van der Waals surface area contributed by atoms with Crippen molar-refractivity contribution in [3.05, 3.63) is 29.3 Å². The number of hydrogen-bond acceptors (Lipinski definition) is 3. The monoisotopic (exact) mass is 239 g/mol. The minimum Gasteiger partial charge on any atom is -0.469 e. The first kappa shape index (κ1) is 11.3. The molecule has 0 bridgehead atoms. The van der Waals surface area contributed by atoms with Gasteiger partial charge in [-0.15, -0.1) is 0 Å². The summed E-state index contributed by atoms with van der Waals surface area (Å²) in [6.07, 6.45) is 1.77. The van der Waals surface area contributed by atoms with Gasteiger partial charge in [0.05, 0.1) is 23.2 Å². The molecule has 0 radical (unpaired) electrons. The van der Waals surface area contributed by atoms with E-state index in [-0.39, 0.29) is 11.4 Å². The Labute approximate surface area is 99.7 Å². The van der Waals surface area contributed by atoms with E-state index in [9.17, 15) is 4.79 Å². The molecule has 0 unspecified atom stereocenters. The predicted octanol–water partition coefficient (Wildman–Crippen LogP) is 2.71. The number of benzene rings is 1. The third-order valence-corrected chi connectivity index (χ3v) is 3.29. The summed E-state index contributed by atoms with van der Waals surface area (Å²) in [6.45, 7) is 0.587. The second-order valence-electron chi connectivity index (χ2n) is 4.11. The fourth-order valence-corrected chi connectivity index (χ4v) is 1.89. The first-order valence-electron chi connectivity index (χ1n) is 5.25. The lowest BCUT2D eigenvalue weighted by atomic mass is 10.1. The van der Waals surface area contributed by atoms with Crippen LogP contribution in [-0.4, -0.2) is 19.6 Å². The maximum atomic E-state index is 11.5. The standard InChI is InChI=1S/C12H14ClNO2/c1-16-11(15)12(6-7-12)8-14-10-5-3-2-4-9(10)13/h2-5,14H,6-8H2,1H3. The minimum atomic E-state index is -0.325. The van der Waals surface area contributed by atoms with Gasteiger partial charge in [-0.2, -0.15) is 0 Å². The highest BCUT2D eigenvalue weighted by atomic mass is 35.5.